The van der Waals surface area contributed by atoms with Crippen molar-refractivity contribution in [3.05, 3.63) is 48.5 Å². The molecule has 1 aromatic heterocycles. The van der Waals surface area contributed by atoms with Crippen LogP contribution in [0.1, 0.15) is 50.6 Å². The molecule has 1 atom stereocenters. The van der Waals surface area contributed by atoms with Gasteiger partial charge in [0.05, 0.1) is 12.4 Å². The molecule has 2 aliphatic rings. The van der Waals surface area contributed by atoms with Crippen LogP contribution in [0.2, 0.25) is 0 Å². The maximum absolute atomic E-state index is 12.6. The number of rotatable bonds is 6. The van der Waals surface area contributed by atoms with E-state index in [2.05, 4.69) is 15.6 Å². The van der Waals surface area contributed by atoms with E-state index in [1.54, 1.807) is 12.5 Å². The number of urea groups is 1. The Bertz CT molecular complexity index is 901. The van der Waals surface area contributed by atoms with Crippen LogP contribution in [-0.4, -0.2) is 44.4 Å². The summed E-state index contributed by atoms with van der Waals surface area (Å²) in [6.07, 6.45) is 8.66. The van der Waals surface area contributed by atoms with Gasteiger partial charge in [-0.05, 0) is 37.5 Å². The number of benzene rings is 1. The summed E-state index contributed by atoms with van der Waals surface area (Å²) < 4.78 is 1.91. The molecule has 8 nitrogen and oxygen atoms in total. The number of nitrogens with one attached hydrogen (secondary N) is 2. The molecule has 0 unspecified atom stereocenters. The molecule has 1 saturated heterocycles. The second-order valence-corrected chi connectivity index (χ2v) is 7.78. The molecule has 2 fully saturated rings. The molecule has 1 aliphatic heterocycles. The average molecular weight is 395 g/mol. The third-order valence-electron chi connectivity index (χ3n) is 5.84. The Balaban J connectivity index is 1.30. The third-order valence-corrected chi connectivity index (χ3v) is 5.84. The van der Waals surface area contributed by atoms with Gasteiger partial charge in [0.2, 0.25) is 5.91 Å². The van der Waals surface area contributed by atoms with E-state index >= 15 is 0 Å². The van der Waals surface area contributed by atoms with Crippen LogP contribution in [0.3, 0.4) is 0 Å². The zero-order valence-corrected chi connectivity index (χ0v) is 16.4. The minimum Gasteiger partial charge on any atom is -0.350 e. The summed E-state index contributed by atoms with van der Waals surface area (Å²) in [7, 11) is 0. The van der Waals surface area contributed by atoms with Crippen LogP contribution < -0.4 is 10.6 Å². The number of aromatic nitrogens is 2. The zero-order chi connectivity index (χ0) is 20.4. The van der Waals surface area contributed by atoms with Crippen molar-refractivity contribution in [1.82, 2.24) is 25.1 Å². The van der Waals surface area contributed by atoms with Crippen LogP contribution in [0.4, 0.5) is 4.79 Å². The third kappa shape index (κ3) is 3.74. The van der Waals surface area contributed by atoms with Crippen molar-refractivity contribution in [3.63, 3.8) is 0 Å². The Morgan fingerprint density at radius 3 is 2.62 bits per heavy atom. The predicted molar refractivity (Wildman–Crippen MR) is 106 cm³/mol. The lowest BCUT2D eigenvalue weighted by Gasteiger charge is -2.20. The first-order valence-corrected chi connectivity index (χ1v) is 10.0. The number of amides is 4. The topological polar surface area (TPSA) is 96.3 Å². The van der Waals surface area contributed by atoms with Crippen molar-refractivity contribution in [1.29, 1.82) is 0 Å². The zero-order valence-electron chi connectivity index (χ0n) is 16.4. The van der Waals surface area contributed by atoms with Gasteiger partial charge in [-0.3, -0.25) is 14.5 Å². The largest absolute Gasteiger partial charge is 0.350 e. The van der Waals surface area contributed by atoms with Gasteiger partial charge in [-0.1, -0.05) is 25.0 Å². The highest BCUT2D eigenvalue weighted by Crippen LogP contribution is 2.35. The quantitative estimate of drug-likeness (QED) is 0.734. The number of hydrogen-bond donors (Lipinski definition) is 2. The lowest BCUT2D eigenvalue weighted by Crippen LogP contribution is -2.44. The van der Waals surface area contributed by atoms with Gasteiger partial charge in [-0.25, -0.2) is 9.78 Å². The summed E-state index contributed by atoms with van der Waals surface area (Å²) in [6, 6.07) is 7.29. The molecule has 8 heteroatoms. The number of imidazole rings is 1. The second-order valence-electron chi connectivity index (χ2n) is 7.78. The van der Waals surface area contributed by atoms with Gasteiger partial charge < -0.3 is 15.2 Å². The molecule has 2 aromatic rings. The van der Waals surface area contributed by atoms with Crippen LogP contribution in [0, 0.1) is 0 Å². The molecule has 2 N–H and O–H groups in total. The van der Waals surface area contributed by atoms with E-state index < -0.39 is 5.54 Å². The fourth-order valence-corrected chi connectivity index (χ4v) is 4.15. The van der Waals surface area contributed by atoms with E-state index in [0.717, 1.165) is 24.1 Å². The minimum absolute atomic E-state index is 0.0900. The summed E-state index contributed by atoms with van der Waals surface area (Å²) in [6.45, 7) is 2.01. The number of carbonyl (C=O) groups is 3. The summed E-state index contributed by atoms with van der Waals surface area (Å²) in [4.78, 5) is 42.4. The molecule has 2 heterocycles. The van der Waals surface area contributed by atoms with Crippen molar-refractivity contribution in [2.75, 3.05) is 6.54 Å². The highest BCUT2D eigenvalue weighted by molar-refractivity contribution is 6.07. The highest BCUT2D eigenvalue weighted by atomic mass is 16.2. The lowest BCUT2D eigenvalue weighted by atomic mass is 9.98. The summed E-state index contributed by atoms with van der Waals surface area (Å²) in [5.74, 6) is -0.375. The minimum atomic E-state index is -0.724. The van der Waals surface area contributed by atoms with E-state index in [4.69, 9.17) is 0 Å². The number of imide groups is 1. The Kier molecular flexibility index (Phi) is 5.08. The van der Waals surface area contributed by atoms with Crippen LogP contribution >= 0.6 is 0 Å². The fraction of sp³-hybridized carbons (Fsp3) is 0.429. The molecule has 152 valence electrons. The first-order chi connectivity index (χ1) is 14.0. The van der Waals surface area contributed by atoms with E-state index in [1.165, 1.54) is 4.90 Å². The average Bonchev–Trinajstić information content (AvgIpc) is 3.44. The Labute approximate surface area is 169 Å². The number of carbonyl (C=O) groups excluding carboxylic acids is 3. The normalized spacial score (nSPS) is 18.9. The van der Waals surface area contributed by atoms with Crippen LogP contribution in [0.5, 0.6) is 0 Å². The van der Waals surface area contributed by atoms with Gasteiger partial charge in [0.1, 0.15) is 5.54 Å². The molecule has 4 amide bonds. The van der Waals surface area contributed by atoms with E-state index in [1.807, 2.05) is 42.0 Å². The smallest absolute Gasteiger partial charge is 0.325 e. The maximum Gasteiger partial charge on any atom is 0.325 e. The van der Waals surface area contributed by atoms with Gasteiger partial charge in [0, 0.05) is 31.0 Å². The molecule has 1 spiro atoms. The molecular weight excluding hydrogens is 370 g/mol. The van der Waals surface area contributed by atoms with E-state index in [9.17, 15) is 14.4 Å². The number of hydrogen-bond acceptors (Lipinski definition) is 4. The summed E-state index contributed by atoms with van der Waals surface area (Å²) in [5, 5.41) is 5.77. The molecule has 1 saturated carbocycles. The van der Waals surface area contributed by atoms with Crippen molar-refractivity contribution in [2.24, 2.45) is 0 Å². The van der Waals surface area contributed by atoms with E-state index in [-0.39, 0.29) is 36.9 Å². The van der Waals surface area contributed by atoms with Crippen LogP contribution in [0.25, 0.3) is 5.69 Å². The molecule has 29 heavy (non-hydrogen) atoms. The Morgan fingerprint density at radius 2 is 1.97 bits per heavy atom. The number of nitrogens with zero attached hydrogens (tertiary/aromatic N) is 3. The predicted octanol–water partition coefficient (Wildman–Crippen LogP) is 2.30. The Hall–Kier alpha value is -3.16. The van der Waals surface area contributed by atoms with Crippen molar-refractivity contribution >= 4 is 17.8 Å². The molecule has 0 radical (unpaired) electrons. The second kappa shape index (κ2) is 7.69. The SMILES string of the molecule is C[C@H](NC(=O)CCN1C(=O)NC2(CCCC2)C1=O)c1ccc(-n2ccnc2)cc1. The molecule has 1 aromatic carbocycles. The first kappa shape index (κ1) is 19.2. The molecule has 1 aliphatic carbocycles. The lowest BCUT2D eigenvalue weighted by molar-refractivity contribution is -0.131. The summed E-state index contributed by atoms with van der Waals surface area (Å²) in [5.41, 5.74) is 1.24. The van der Waals surface area contributed by atoms with Crippen molar-refractivity contribution in [3.8, 4) is 5.69 Å². The molecule has 0 bridgehead atoms. The van der Waals surface area contributed by atoms with Crippen LogP contribution in [-0.2, 0) is 9.59 Å². The van der Waals surface area contributed by atoms with Gasteiger partial charge in [-0.2, -0.15) is 0 Å². The van der Waals surface area contributed by atoms with Gasteiger partial charge >= 0.3 is 6.03 Å². The van der Waals surface area contributed by atoms with Gasteiger partial charge in [0.15, 0.2) is 0 Å². The molecular formula is C21H25N5O3. The highest BCUT2D eigenvalue weighted by Gasteiger charge is 2.52. The monoisotopic (exact) mass is 395 g/mol. The maximum atomic E-state index is 12.6. The molecule has 4 rings (SSSR count). The van der Waals surface area contributed by atoms with Gasteiger partial charge in [-0.15, -0.1) is 0 Å². The Morgan fingerprint density at radius 1 is 1.24 bits per heavy atom. The first-order valence-electron chi connectivity index (χ1n) is 10.0. The van der Waals surface area contributed by atoms with Crippen molar-refractivity contribution < 1.29 is 14.4 Å². The van der Waals surface area contributed by atoms with Crippen molar-refractivity contribution in [2.45, 2.75) is 50.6 Å². The fourth-order valence-electron chi connectivity index (χ4n) is 4.15. The van der Waals surface area contributed by atoms with Gasteiger partial charge in [0.25, 0.3) is 5.91 Å². The summed E-state index contributed by atoms with van der Waals surface area (Å²) >= 11 is 0. The standard InChI is InChI=1S/C21H25N5O3/c1-15(16-4-6-17(7-5-16)25-13-11-22-14-25)23-18(27)8-12-26-19(28)21(24-20(26)29)9-2-3-10-21/h4-7,11,13-15H,2-3,8-10,12H2,1H3,(H,23,27)(H,24,29)/t15-/m0/s1. The van der Waals surface area contributed by atoms with E-state index in [0.29, 0.717) is 12.8 Å². The van der Waals surface area contributed by atoms with Crippen LogP contribution in [0.15, 0.2) is 43.0 Å².